The predicted molar refractivity (Wildman–Crippen MR) is 51.5 cm³/mol. The topological polar surface area (TPSA) is 59.4 Å². The van der Waals surface area contributed by atoms with E-state index < -0.39 is 5.97 Å². The lowest BCUT2D eigenvalue weighted by molar-refractivity contribution is 0.0690. The van der Waals surface area contributed by atoms with E-state index in [1.165, 1.54) is 12.3 Å². The van der Waals surface area contributed by atoms with Crippen molar-refractivity contribution in [2.75, 3.05) is 6.61 Å². The van der Waals surface area contributed by atoms with Crippen molar-refractivity contribution < 1.29 is 14.6 Å². The standard InChI is InChI=1S/C10H13NO3/c1-7(2)6-14-8-3-4-11-9(5-8)10(12)13/h3-5,7H,6H2,1-2H3,(H,12,13). The highest BCUT2D eigenvalue weighted by Gasteiger charge is 2.05. The quantitative estimate of drug-likeness (QED) is 0.796. The molecule has 0 saturated heterocycles. The van der Waals surface area contributed by atoms with Crippen LogP contribution in [0.15, 0.2) is 18.3 Å². The Bertz CT molecular complexity index is 323. The van der Waals surface area contributed by atoms with E-state index in [1.54, 1.807) is 6.07 Å². The van der Waals surface area contributed by atoms with Crippen LogP contribution in [0.25, 0.3) is 0 Å². The van der Waals surface area contributed by atoms with Gasteiger partial charge in [-0.15, -0.1) is 0 Å². The molecule has 0 saturated carbocycles. The molecule has 0 radical (unpaired) electrons. The minimum atomic E-state index is -1.04. The van der Waals surface area contributed by atoms with Gasteiger partial charge in [-0.05, 0) is 12.0 Å². The minimum absolute atomic E-state index is 0.00579. The van der Waals surface area contributed by atoms with Gasteiger partial charge < -0.3 is 9.84 Å². The Morgan fingerprint density at radius 2 is 2.36 bits per heavy atom. The number of carboxylic acid groups (broad SMARTS) is 1. The molecule has 1 heterocycles. The average molecular weight is 195 g/mol. The maximum Gasteiger partial charge on any atom is 0.354 e. The number of nitrogens with zero attached hydrogens (tertiary/aromatic N) is 1. The van der Waals surface area contributed by atoms with Gasteiger partial charge in [-0.1, -0.05) is 13.8 Å². The number of carbonyl (C=O) groups is 1. The summed E-state index contributed by atoms with van der Waals surface area (Å²) in [6, 6.07) is 3.07. The van der Waals surface area contributed by atoms with Crippen LogP contribution in [0.4, 0.5) is 0 Å². The van der Waals surface area contributed by atoms with Crippen LogP contribution in [-0.2, 0) is 0 Å². The summed E-state index contributed by atoms with van der Waals surface area (Å²) in [7, 11) is 0. The zero-order valence-corrected chi connectivity index (χ0v) is 8.23. The molecule has 0 unspecified atom stereocenters. The van der Waals surface area contributed by atoms with Crippen molar-refractivity contribution in [2.45, 2.75) is 13.8 Å². The molecule has 76 valence electrons. The van der Waals surface area contributed by atoms with Gasteiger partial charge in [0.2, 0.25) is 0 Å². The molecule has 1 rings (SSSR count). The molecule has 14 heavy (non-hydrogen) atoms. The molecule has 0 atom stereocenters. The van der Waals surface area contributed by atoms with E-state index in [1.807, 2.05) is 13.8 Å². The summed E-state index contributed by atoms with van der Waals surface area (Å²) in [4.78, 5) is 14.3. The third kappa shape index (κ3) is 3.05. The zero-order chi connectivity index (χ0) is 10.6. The second-order valence-corrected chi connectivity index (χ2v) is 3.39. The van der Waals surface area contributed by atoms with Crippen molar-refractivity contribution in [3.05, 3.63) is 24.0 Å². The second-order valence-electron chi connectivity index (χ2n) is 3.39. The van der Waals surface area contributed by atoms with Crippen LogP contribution in [0.1, 0.15) is 24.3 Å². The summed E-state index contributed by atoms with van der Waals surface area (Å²) < 4.78 is 5.35. The fraction of sp³-hybridized carbons (Fsp3) is 0.400. The van der Waals surface area contributed by atoms with Crippen LogP contribution in [0.5, 0.6) is 5.75 Å². The third-order valence-electron chi connectivity index (χ3n) is 1.53. The lowest BCUT2D eigenvalue weighted by atomic mass is 10.2. The molecule has 1 aromatic heterocycles. The number of pyridine rings is 1. The highest BCUT2D eigenvalue weighted by Crippen LogP contribution is 2.11. The number of ether oxygens (including phenoxy) is 1. The van der Waals surface area contributed by atoms with Crippen molar-refractivity contribution in [3.63, 3.8) is 0 Å². The number of aromatic nitrogens is 1. The van der Waals surface area contributed by atoms with Gasteiger partial charge in [0.05, 0.1) is 6.61 Å². The van der Waals surface area contributed by atoms with Crippen LogP contribution in [0, 0.1) is 5.92 Å². The minimum Gasteiger partial charge on any atom is -0.493 e. The van der Waals surface area contributed by atoms with Crippen molar-refractivity contribution >= 4 is 5.97 Å². The number of hydrogen-bond donors (Lipinski definition) is 1. The van der Waals surface area contributed by atoms with Gasteiger partial charge in [-0.3, -0.25) is 0 Å². The molecule has 0 aliphatic carbocycles. The number of carboxylic acids is 1. The number of rotatable bonds is 4. The first kappa shape index (κ1) is 10.5. The second kappa shape index (κ2) is 4.60. The van der Waals surface area contributed by atoms with E-state index in [-0.39, 0.29) is 5.69 Å². The highest BCUT2D eigenvalue weighted by atomic mass is 16.5. The van der Waals surface area contributed by atoms with Gasteiger partial charge >= 0.3 is 5.97 Å². The number of aromatic carboxylic acids is 1. The van der Waals surface area contributed by atoms with E-state index in [0.29, 0.717) is 18.3 Å². The molecule has 0 bridgehead atoms. The summed E-state index contributed by atoms with van der Waals surface area (Å²) >= 11 is 0. The van der Waals surface area contributed by atoms with Gasteiger partial charge in [0.25, 0.3) is 0 Å². The van der Waals surface area contributed by atoms with Crippen LogP contribution in [0.3, 0.4) is 0 Å². The SMILES string of the molecule is CC(C)COc1ccnc(C(=O)O)c1. The Morgan fingerprint density at radius 3 is 2.93 bits per heavy atom. The highest BCUT2D eigenvalue weighted by molar-refractivity contribution is 5.85. The van der Waals surface area contributed by atoms with Crippen molar-refractivity contribution in [1.29, 1.82) is 0 Å². The third-order valence-corrected chi connectivity index (χ3v) is 1.53. The summed E-state index contributed by atoms with van der Waals surface area (Å²) in [5, 5.41) is 8.67. The largest absolute Gasteiger partial charge is 0.493 e. The number of hydrogen-bond acceptors (Lipinski definition) is 3. The lowest BCUT2D eigenvalue weighted by Crippen LogP contribution is -2.06. The molecule has 0 aliphatic rings. The summed E-state index contributed by atoms with van der Waals surface area (Å²) in [6.45, 7) is 4.63. The van der Waals surface area contributed by atoms with E-state index in [2.05, 4.69) is 4.98 Å². The molecule has 4 nitrogen and oxygen atoms in total. The van der Waals surface area contributed by atoms with E-state index in [9.17, 15) is 4.79 Å². The molecule has 0 spiro atoms. The van der Waals surface area contributed by atoms with Crippen molar-refractivity contribution in [3.8, 4) is 5.75 Å². The van der Waals surface area contributed by atoms with Crippen LogP contribution >= 0.6 is 0 Å². The zero-order valence-electron chi connectivity index (χ0n) is 8.23. The molecule has 1 aromatic rings. The van der Waals surface area contributed by atoms with Crippen LogP contribution < -0.4 is 4.74 Å². The average Bonchev–Trinajstić information content (AvgIpc) is 2.15. The van der Waals surface area contributed by atoms with Gasteiger partial charge in [-0.2, -0.15) is 0 Å². The van der Waals surface area contributed by atoms with E-state index in [4.69, 9.17) is 9.84 Å². The smallest absolute Gasteiger partial charge is 0.354 e. The van der Waals surface area contributed by atoms with E-state index >= 15 is 0 Å². The van der Waals surface area contributed by atoms with Crippen LogP contribution in [-0.4, -0.2) is 22.7 Å². The van der Waals surface area contributed by atoms with E-state index in [0.717, 1.165) is 0 Å². The van der Waals surface area contributed by atoms with Gasteiger partial charge in [-0.25, -0.2) is 9.78 Å². The Morgan fingerprint density at radius 1 is 1.64 bits per heavy atom. The summed E-state index contributed by atoms with van der Waals surface area (Å²) in [5.41, 5.74) is 0.00579. The molecule has 4 heteroatoms. The molecule has 1 N–H and O–H groups in total. The normalized spacial score (nSPS) is 10.2. The summed E-state index contributed by atoms with van der Waals surface area (Å²) in [6.07, 6.45) is 1.43. The molecule has 0 fully saturated rings. The first-order valence-electron chi connectivity index (χ1n) is 4.41. The summed E-state index contributed by atoms with van der Waals surface area (Å²) in [5.74, 6) is -0.0810. The fourth-order valence-corrected chi connectivity index (χ4v) is 0.881. The molecular formula is C10H13NO3. The van der Waals surface area contributed by atoms with Gasteiger partial charge in [0.15, 0.2) is 5.69 Å². The first-order chi connectivity index (χ1) is 6.59. The fourth-order valence-electron chi connectivity index (χ4n) is 0.881. The molecule has 0 aromatic carbocycles. The maximum atomic E-state index is 10.6. The van der Waals surface area contributed by atoms with Crippen LogP contribution in [0.2, 0.25) is 0 Å². The first-order valence-corrected chi connectivity index (χ1v) is 4.41. The van der Waals surface area contributed by atoms with Gasteiger partial charge in [0, 0.05) is 12.3 Å². The van der Waals surface area contributed by atoms with Crippen molar-refractivity contribution in [2.24, 2.45) is 5.92 Å². The Labute approximate surface area is 82.5 Å². The molecular weight excluding hydrogens is 182 g/mol. The maximum absolute atomic E-state index is 10.6. The predicted octanol–water partition coefficient (Wildman–Crippen LogP) is 1.81. The monoisotopic (exact) mass is 195 g/mol. The Balaban J connectivity index is 2.69. The Hall–Kier alpha value is -1.58. The van der Waals surface area contributed by atoms with Gasteiger partial charge in [0.1, 0.15) is 5.75 Å². The lowest BCUT2D eigenvalue weighted by Gasteiger charge is -2.08. The Kier molecular flexibility index (Phi) is 3.45. The molecule has 0 aliphatic heterocycles. The van der Waals surface area contributed by atoms with Crippen molar-refractivity contribution in [1.82, 2.24) is 4.98 Å². The molecule has 0 amide bonds.